The number of nitrogens with one attached hydrogen (secondary N) is 2. The third-order valence-electron chi connectivity index (χ3n) is 10.3. The number of likely N-dealkylation sites (N-methyl/N-ethyl adjacent to an activating group) is 1. The summed E-state index contributed by atoms with van der Waals surface area (Å²) in [5.41, 5.74) is 2.68. The number of piperazine rings is 1. The van der Waals surface area contributed by atoms with Gasteiger partial charge in [-0.05, 0) is 77.3 Å². The second-order valence-electron chi connectivity index (χ2n) is 14.4. The lowest BCUT2D eigenvalue weighted by molar-refractivity contribution is -0.322. The minimum absolute atomic E-state index is 0.104. The second kappa shape index (κ2) is 12.2. The first kappa shape index (κ1) is 35.0. The van der Waals surface area contributed by atoms with E-state index < -0.39 is 51.6 Å². The highest BCUT2D eigenvalue weighted by atomic mass is 79.9. The SMILES string of the molecule is CC(C)C[C@H]1C(=O)N2CCC[C@H]2[C@]2(O)O[C@](NC(=O)[C@@H]3C=C4c5cccc6[nH]c(Br)c(c56)C[C@H]4N(C)C3)(C(C)C)C(=O)N12.CS(=O)(=O)[O-]. The van der Waals surface area contributed by atoms with Crippen molar-refractivity contribution < 1.29 is 37.2 Å². The van der Waals surface area contributed by atoms with Crippen LogP contribution < -0.4 is 5.32 Å². The standard InChI is InChI=1S/C32H40BrN5O5.CH4O3S/c1-16(2)12-24-29(40)37-11-7-10-25(37)32(42)38(24)30(41)31(43-32,17(3)4)35-28(39)18-13-20-19-8-6-9-22-26(19)21(27(33)34-22)14-23(20)36(5)15-18;1-5(2,3)4/h6,8-9,13,16-18,23-25,34,42H,7,10-12,14-15H2,1-5H3,(H,35,39);1H3,(H,2,3,4)/p-1/t18-,23-,24+,25+,31-,32+;/m1./s1. The predicted molar refractivity (Wildman–Crippen MR) is 180 cm³/mol. The third kappa shape index (κ3) is 5.69. The van der Waals surface area contributed by atoms with Crippen LogP contribution in [0.3, 0.4) is 0 Å². The van der Waals surface area contributed by atoms with E-state index in [0.717, 1.165) is 34.1 Å². The van der Waals surface area contributed by atoms with Crippen LogP contribution in [0.4, 0.5) is 0 Å². The summed E-state index contributed by atoms with van der Waals surface area (Å²) >= 11 is 3.70. The fourth-order valence-electron chi connectivity index (χ4n) is 8.15. The molecule has 0 radical (unpaired) electrons. The maximum Gasteiger partial charge on any atom is 0.281 e. The van der Waals surface area contributed by atoms with E-state index in [2.05, 4.69) is 43.3 Å². The molecule has 262 valence electrons. The maximum atomic E-state index is 14.4. The van der Waals surface area contributed by atoms with Gasteiger partial charge in [0.15, 0.2) is 0 Å². The lowest BCUT2D eigenvalue weighted by atomic mass is 9.79. The van der Waals surface area contributed by atoms with Gasteiger partial charge in [-0.3, -0.25) is 28.9 Å². The molecule has 4 aliphatic heterocycles. The van der Waals surface area contributed by atoms with Crippen molar-refractivity contribution in [1.82, 2.24) is 25.0 Å². The van der Waals surface area contributed by atoms with E-state index in [4.69, 9.17) is 17.7 Å². The fraction of sp³-hybridized carbons (Fsp3) is 0.606. The van der Waals surface area contributed by atoms with E-state index in [0.29, 0.717) is 32.2 Å². The lowest BCUT2D eigenvalue weighted by Crippen LogP contribution is -2.71. The number of amides is 3. The first-order valence-electron chi connectivity index (χ1n) is 16.4. The maximum absolute atomic E-state index is 14.4. The Morgan fingerprint density at radius 3 is 2.58 bits per heavy atom. The molecule has 1 aromatic carbocycles. The average Bonchev–Trinajstić information content (AvgIpc) is 3.66. The average molecular weight is 750 g/mol. The molecule has 1 aromatic heterocycles. The molecule has 15 heteroatoms. The Balaban J connectivity index is 0.000000749. The van der Waals surface area contributed by atoms with Crippen molar-refractivity contribution in [1.29, 1.82) is 0 Å². The number of fused-ring (bicyclic) bond motifs is 5. The number of halogens is 1. The Morgan fingerprint density at radius 1 is 1.25 bits per heavy atom. The molecule has 0 spiro atoms. The molecule has 3 fully saturated rings. The van der Waals surface area contributed by atoms with E-state index in [1.807, 2.05) is 33.0 Å². The molecule has 2 aromatic rings. The van der Waals surface area contributed by atoms with Crippen molar-refractivity contribution in [2.24, 2.45) is 17.8 Å². The topological polar surface area (TPSA) is 175 Å². The van der Waals surface area contributed by atoms with Gasteiger partial charge in [-0.1, -0.05) is 45.9 Å². The quantitative estimate of drug-likeness (QED) is 0.388. The van der Waals surface area contributed by atoms with Gasteiger partial charge in [-0.2, -0.15) is 0 Å². The molecule has 0 saturated carbocycles. The number of aliphatic hydroxyl groups is 1. The molecule has 3 N–H and O–H groups in total. The molecule has 7 rings (SSSR count). The van der Waals surface area contributed by atoms with Crippen molar-refractivity contribution in [3.8, 4) is 0 Å². The second-order valence-corrected chi connectivity index (χ2v) is 16.6. The Morgan fingerprint density at radius 2 is 1.94 bits per heavy atom. The van der Waals surface area contributed by atoms with Gasteiger partial charge >= 0.3 is 0 Å². The summed E-state index contributed by atoms with van der Waals surface area (Å²) in [4.78, 5) is 50.8. The van der Waals surface area contributed by atoms with Crippen LogP contribution in [-0.4, -0.2) is 112 Å². The number of ether oxygens (including phenoxy) is 1. The molecule has 48 heavy (non-hydrogen) atoms. The van der Waals surface area contributed by atoms with Crippen LogP contribution in [0.1, 0.15) is 58.1 Å². The molecular weight excluding hydrogens is 706 g/mol. The van der Waals surface area contributed by atoms with Crippen molar-refractivity contribution in [2.75, 3.05) is 26.4 Å². The van der Waals surface area contributed by atoms with E-state index in [9.17, 15) is 19.5 Å². The number of hydrogen-bond donors (Lipinski definition) is 3. The number of aromatic amines is 1. The molecule has 13 nitrogen and oxygen atoms in total. The molecule has 5 aliphatic rings. The zero-order valence-corrected chi connectivity index (χ0v) is 30.4. The summed E-state index contributed by atoms with van der Waals surface area (Å²) in [6.45, 7) is 8.57. The van der Waals surface area contributed by atoms with Crippen molar-refractivity contribution in [3.05, 3.63) is 40.0 Å². The highest BCUT2D eigenvalue weighted by Crippen LogP contribution is 2.49. The van der Waals surface area contributed by atoms with Crippen LogP contribution >= 0.6 is 15.9 Å². The van der Waals surface area contributed by atoms with Gasteiger partial charge in [0.25, 0.3) is 11.8 Å². The summed E-state index contributed by atoms with van der Waals surface area (Å²) in [6.07, 6.45) is 5.09. The van der Waals surface area contributed by atoms with Gasteiger partial charge in [0.1, 0.15) is 12.1 Å². The highest BCUT2D eigenvalue weighted by molar-refractivity contribution is 9.10. The van der Waals surface area contributed by atoms with Crippen molar-refractivity contribution in [3.63, 3.8) is 0 Å². The van der Waals surface area contributed by atoms with Crippen LogP contribution in [0, 0.1) is 17.8 Å². The minimum Gasteiger partial charge on any atom is -0.748 e. The summed E-state index contributed by atoms with van der Waals surface area (Å²) < 4.78 is 34.7. The third-order valence-corrected chi connectivity index (χ3v) is 10.9. The summed E-state index contributed by atoms with van der Waals surface area (Å²) in [5, 5.41) is 16.3. The van der Waals surface area contributed by atoms with Crippen LogP contribution in [0.15, 0.2) is 28.9 Å². The van der Waals surface area contributed by atoms with Gasteiger partial charge < -0.3 is 24.9 Å². The molecule has 5 heterocycles. The number of carbonyl (C=O) groups excluding carboxylic acids is 3. The van der Waals surface area contributed by atoms with Gasteiger partial charge in [-0.25, -0.2) is 8.42 Å². The number of hydrogen-bond acceptors (Lipinski definition) is 9. The zero-order chi connectivity index (χ0) is 35.1. The molecule has 6 atom stereocenters. The van der Waals surface area contributed by atoms with Crippen LogP contribution in [-0.2, 0) is 35.7 Å². The van der Waals surface area contributed by atoms with Gasteiger partial charge in [0, 0.05) is 42.2 Å². The first-order valence-corrected chi connectivity index (χ1v) is 19.0. The lowest BCUT2D eigenvalue weighted by Gasteiger charge is -2.49. The Hall–Kier alpha value is -2.82. The number of rotatable bonds is 5. The molecule has 0 unspecified atom stereocenters. The number of aromatic nitrogens is 1. The largest absolute Gasteiger partial charge is 0.748 e. The normalized spacial score (nSPS) is 31.4. The predicted octanol–water partition coefficient (Wildman–Crippen LogP) is 2.35. The smallest absolute Gasteiger partial charge is 0.281 e. The molecular formula is C33H43BrN5O8S-. The summed E-state index contributed by atoms with van der Waals surface area (Å²) in [5.74, 6) is -4.01. The number of H-pyrrole nitrogens is 1. The zero-order valence-electron chi connectivity index (χ0n) is 27.9. The Bertz CT molecular complexity index is 1800. The minimum atomic E-state index is -3.92. The monoisotopic (exact) mass is 748 g/mol. The number of carbonyl (C=O) groups is 3. The molecule has 1 aliphatic carbocycles. The Labute approximate surface area is 288 Å². The van der Waals surface area contributed by atoms with E-state index >= 15 is 0 Å². The molecule has 3 saturated heterocycles. The number of benzene rings is 1. The van der Waals surface area contributed by atoms with Gasteiger partial charge in [0.05, 0.1) is 20.6 Å². The number of nitrogens with zero attached hydrogens (tertiary/aromatic N) is 3. The Kier molecular flexibility index (Phi) is 8.90. The van der Waals surface area contributed by atoms with Crippen LogP contribution in [0.5, 0.6) is 0 Å². The van der Waals surface area contributed by atoms with E-state index in [1.54, 1.807) is 18.7 Å². The summed E-state index contributed by atoms with van der Waals surface area (Å²) in [7, 11) is -1.89. The van der Waals surface area contributed by atoms with Gasteiger partial charge in [-0.15, -0.1) is 0 Å². The first-order chi connectivity index (χ1) is 22.4. The fourth-order valence-corrected chi connectivity index (χ4v) is 8.72. The molecule has 3 amide bonds. The molecule has 0 bridgehead atoms. The van der Waals surface area contributed by atoms with Gasteiger partial charge in [0.2, 0.25) is 17.5 Å². The van der Waals surface area contributed by atoms with Crippen LogP contribution in [0.25, 0.3) is 16.5 Å². The van der Waals surface area contributed by atoms with Crippen LogP contribution in [0.2, 0.25) is 0 Å². The highest BCUT2D eigenvalue weighted by Gasteiger charge is 2.72. The van der Waals surface area contributed by atoms with Crippen molar-refractivity contribution in [2.45, 2.75) is 83.1 Å². The van der Waals surface area contributed by atoms with E-state index in [-0.39, 0.29) is 23.8 Å². The van der Waals surface area contributed by atoms with E-state index in [1.165, 1.54) is 15.8 Å². The summed E-state index contributed by atoms with van der Waals surface area (Å²) in [6, 6.07) is 4.76. The van der Waals surface area contributed by atoms with Crippen molar-refractivity contribution >= 4 is 60.2 Å².